The van der Waals surface area contributed by atoms with Gasteiger partial charge >= 0.3 is 0 Å². The molecule has 1 aromatic heterocycles. The van der Waals surface area contributed by atoms with Crippen molar-refractivity contribution in [2.75, 3.05) is 18.1 Å². The zero-order valence-electron chi connectivity index (χ0n) is 11.3. The molecule has 1 aromatic rings. The molecule has 2 aliphatic heterocycles. The van der Waals surface area contributed by atoms with Crippen LogP contribution in [0.3, 0.4) is 0 Å². The lowest BCUT2D eigenvalue weighted by molar-refractivity contribution is 0.245. The summed E-state index contributed by atoms with van der Waals surface area (Å²) in [6, 6.07) is 4.61. The van der Waals surface area contributed by atoms with Gasteiger partial charge in [0.15, 0.2) is 11.6 Å². The van der Waals surface area contributed by atoms with E-state index in [1.54, 1.807) is 0 Å². The number of pyridine rings is 1. The molecule has 98 valence electrons. The Morgan fingerprint density at radius 3 is 3.11 bits per heavy atom. The molecule has 0 amide bonds. The Hall–Kier alpha value is -1.25. The van der Waals surface area contributed by atoms with Crippen molar-refractivity contribution >= 4 is 5.82 Å². The molecule has 3 heteroatoms. The summed E-state index contributed by atoms with van der Waals surface area (Å²) in [6.45, 7) is 6.64. The van der Waals surface area contributed by atoms with Gasteiger partial charge in [0.25, 0.3) is 0 Å². The molecule has 0 aromatic carbocycles. The van der Waals surface area contributed by atoms with Gasteiger partial charge < -0.3 is 9.64 Å². The minimum atomic E-state index is 0.613. The van der Waals surface area contributed by atoms with E-state index >= 15 is 0 Å². The number of hydrogen-bond acceptors (Lipinski definition) is 3. The van der Waals surface area contributed by atoms with E-state index < -0.39 is 0 Å². The molecule has 2 atom stereocenters. The third-order valence-electron chi connectivity index (χ3n) is 4.43. The summed E-state index contributed by atoms with van der Waals surface area (Å²) in [7, 11) is 0. The van der Waals surface area contributed by atoms with Gasteiger partial charge in [-0.25, -0.2) is 4.98 Å². The molecular formula is C15H22N2O. The van der Waals surface area contributed by atoms with Crippen LogP contribution in [0.1, 0.15) is 33.1 Å². The Morgan fingerprint density at radius 2 is 2.28 bits per heavy atom. The van der Waals surface area contributed by atoms with E-state index in [1.807, 2.05) is 18.3 Å². The maximum atomic E-state index is 5.83. The van der Waals surface area contributed by atoms with Gasteiger partial charge in [0.05, 0.1) is 6.61 Å². The molecule has 0 saturated carbocycles. The summed E-state index contributed by atoms with van der Waals surface area (Å²) in [5.41, 5.74) is 0. The lowest BCUT2D eigenvalue weighted by Gasteiger charge is -2.40. The Bertz CT molecular complexity index is 419. The highest BCUT2D eigenvalue weighted by Gasteiger charge is 2.33. The molecule has 0 bridgehead atoms. The lowest BCUT2D eigenvalue weighted by Crippen LogP contribution is -2.43. The molecule has 3 rings (SSSR count). The van der Waals surface area contributed by atoms with Crippen molar-refractivity contribution in [3.8, 4) is 5.75 Å². The molecule has 18 heavy (non-hydrogen) atoms. The van der Waals surface area contributed by atoms with Crippen LogP contribution in [0, 0.1) is 11.8 Å². The second-order valence-electron chi connectivity index (χ2n) is 5.84. The van der Waals surface area contributed by atoms with Gasteiger partial charge in [0.1, 0.15) is 0 Å². The molecular weight excluding hydrogens is 224 g/mol. The highest BCUT2D eigenvalue weighted by molar-refractivity contribution is 5.53. The van der Waals surface area contributed by atoms with Crippen molar-refractivity contribution < 1.29 is 4.74 Å². The van der Waals surface area contributed by atoms with Gasteiger partial charge in [0.2, 0.25) is 0 Å². The fourth-order valence-corrected chi connectivity index (χ4v) is 3.26. The van der Waals surface area contributed by atoms with Gasteiger partial charge in [-0.15, -0.1) is 0 Å². The number of ether oxygens (including phenoxy) is 1. The highest BCUT2D eigenvalue weighted by atomic mass is 16.5. The van der Waals surface area contributed by atoms with Crippen LogP contribution in [-0.4, -0.2) is 24.2 Å². The summed E-state index contributed by atoms with van der Waals surface area (Å²) in [5, 5.41) is 0. The molecule has 0 radical (unpaired) electrons. The number of fused-ring (bicyclic) bond motifs is 3. The monoisotopic (exact) mass is 246 g/mol. The molecule has 0 aliphatic carbocycles. The summed E-state index contributed by atoms with van der Waals surface area (Å²) >= 11 is 0. The topological polar surface area (TPSA) is 25.4 Å². The predicted molar refractivity (Wildman–Crippen MR) is 73.0 cm³/mol. The van der Waals surface area contributed by atoms with Crippen LogP contribution in [0.5, 0.6) is 5.75 Å². The van der Waals surface area contributed by atoms with Gasteiger partial charge in [-0.05, 0) is 36.8 Å². The standard InChI is InChI=1S/C15H22N2O/c1-11(2)12-5-8-17-13(10-12)6-9-18-14-4-3-7-16-15(14)17/h3-4,7,11-13H,5-6,8-10H2,1-2H3/t12?,13-/m0/s1. The van der Waals surface area contributed by atoms with E-state index in [0.717, 1.165) is 43.0 Å². The van der Waals surface area contributed by atoms with E-state index in [4.69, 9.17) is 4.74 Å². The largest absolute Gasteiger partial charge is 0.490 e. The number of piperidine rings is 1. The first-order valence-electron chi connectivity index (χ1n) is 7.10. The van der Waals surface area contributed by atoms with Gasteiger partial charge in [-0.1, -0.05) is 13.8 Å². The molecule has 3 nitrogen and oxygen atoms in total. The molecule has 2 aliphatic rings. The summed E-state index contributed by atoms with van der Waals surface area (Å²) < 4.78 is 5.83. The Labute approximate surface area is 109 Å². The van der Waals surface area contributed by atoms with Gasteiger partial charge in [-0.2, -0.15) is 0 Å². The van der Waals surface area contributed by atoms with Crippen LogP contribution in [0.15, 0.2) is 18.3 Å². The van der Waals surface area contributed by atoms with Crippen molar-refractivity contribution in [2.45, 2.75) is 39.2 Å². The van der Waals surface area contributed by atoms with Crippen molar-refractivity contribution in [2.24, 2.45) is 11.8 Å². The summed E-state index contributed by atoms with van der Waals surface area (Å²) in [5.74, 6) is 3.67. The zero-order chi connectivity index (χ0) is 12.5. The molecule has 1 saturated heterocycles. The van der Waals surface area contributed by atoms with E-state index in [9.17, 15) is 0 Å². The first-order valence-corrected chi connectivity index (χ1v) is 7.10. The van der Waals surface area contributed by atoms with Crippen LogP contribution < -0.4 is 9.64 Å². The minimum Gasteiger partial charge on any atom is -0.490 e. The van der Waals surface area contributed by atoms with E-state index in [1.165, 1.54) is 12.8 Å². The quantitative estimate of drug-likeness (QED) is 0.761. The maximum Gasteiger partial charge on any atom is 0.171 e. The SMILES string of the molecule is CC(C)C1CCN2c3ncccc3OCC[C@H]2C1. The Morgan fingerprint density at radius 1 is 1.39 bits per heavy atom. The van der Waals surface area contributed by atoms with Crippen molar-refractivity contribution in [1.82, 2.24) is 4.98 Å². The smallest absolute Gasteiger partial charge is 0.171 e. The fourth-order valence-electron chi connectivity index (χ4n) is 3.26. The first kappa shape index (κ1) is 11.8. The van der Waals surface area contributed by atoms with Crippen molar-refractivity contribution in [3.63, 3.8) is 0 Å². The summed E-state index contributed by atoms with van der Waals surface area (Å²) in [6.07, 6.45) is 5.57. The number of anilines is 1. The second kappa shape index (κ2) is 4.79. The van der Waals surface area contributed by atoms with Crippen molar-refractivity contribution in [3.05, 3.63) is 18.3 Å². The van der Waals surface area contributed by atoms with Gasteiger partial charge in [0, 0.05) is 25.2 Å². The Kier molecular flexibility index (Phi) is 3.14. The van der Waals surface area contributed by atoms with E-state index in [2.05, 4.69) is 23.7 Å². The van der Waals surface area contributed by atoms with Crippen LogP contribution in [0.2, 0.25) is 0 Å². The third-order valence-corrected chi connectivity index (χ3v) is 4.43. The zero-order valence-corrected chi connectivity index (χ0v) is 11.3. The molecule has 0 spiro atoms. The van der Waals surface area contributed by atoms with Crippen LogP contribution in [-0.2, 0) is 0 Å². The highest BCUT2D eigenvalue weighted by Crippen LogP contribution is 2.38. The minimum absolute atomic E-state index is 0.613. The van der Waals surface area contributed by atoms with Crippen LogP contribution in [0.25, 0.3) is 0 Å². The second-order valence-corrected chi connectivity index (χ2v) is 5.84. The van der Waals surface area contributed by atoms with Gasteiger partial charge in [-0.3, -0.25) is 0 Å². The normalized spacial score (nSPS) is 27.2. The van der Waals surface area contributed by atoms with Crippen LogP contribution in [0.4, 0.5) is 5.82 Å². The number of hydrogen-bond donors (Lipinski definition) is 0. The number of nitrogens with zero attached hydrogens (tertiary/aromatic N) is 2. The average molecular weight is 246 g/mol. The summed E-state index contributed by atoms with van der Waals surface area (Å²) in [4.78, 5) is 7.01. The molecule has 0 N–H and O–H groups in total. The number of rotatable bonds is 1. The molecule has 1 fully saturated rings. The average Bonchev–Trinajstić information content (AvgIpc) is 2.57. The maximum absolute atomic E-state index is 5.83. The molecule has 3 heterocycles. The van der Waals surface area contributed by atoms with Crippen LogP contribution >= 0.6 is 0 Å². The number of aromatic nitrogens is 1. The van der Waals surface area contributed by atoms with E-state index in [-0.39, 0.29) is 0 Å². The molecule has 1 unspecified atom stereocenters. The van der Waals surface area contributed by atoms with Crippen molar-refractivity contribution in [1.29, 1.82) is 0 Å². The first-order chi connectivity index (χ1) is 8.75. The Balaban J connectivity index is 1.86. The predicted octanol–water partition coefficient (Wildman–Crippen LogP) is 3.11. The lowest BCUT2D eigenvalue weighted by atomic mass is 9.82. The fraction of sp³-hybridized carbons (Fsp3) is 0.667. The van der Waals surface area contributed by atoms with E-state index in [0.29, 0.717) is 6.04 Å². The third kappa shape index (κ3) is 2.06.